The minimum Gasteiger partial charge on any atom is -0.461 e. The van der Waals surface area contributed by atoms with E-state index in [1.807, 2.05) is 20.8 Å². The number of carbonyl (C=O) groups is 1. The molecule has 0 aromatic rings. The largest absolute Gasteiger partial charge is 0.461 e. The smallest absolute Gasteiger partial charge is 0.335 e. The summed E-state index contributed by atoms with van der Waals surface area (Å²) in [5, 5.41) is 0. The lowest BCUT2D eigenvalue weighted by atomic mass is 10.4. The molecule has 0 N–H and O–H groups in total. The maximum Gasteiger partial charge on any atom is 0.335 e. The lowest BCUT2D eigenvalue weighted by molar-refractivity contribution is -0.157. The molecule has 14 heavy (non-hydrogen) atoms. The topological polar surface area (TPSA) is 44.8 Å². The van der Waals surface area contributed by atoms with E-state index in [4.69, 9.17) is 14.2 Å². The zero-order valence-electron chi connectivity index (χ0n) is 9.41. The van der Waals surface area contributed by atoms with Crippen LogP contribution in [-0.2, 0) is 19.0 Å². The Hall–Kier alpha value is -0.610. The van der Waals surface area contributed by atoms with E-state index in [-0.39, 0.29) is 18.7 Å². The van der Waals surface area contributed by atoms with Gasteiger partial charge in [-0.3, -0.25) is 0 Å². The highest BCUT2D eigenvalue weighted by Gasteiger charge is 2.13. The molecule has 84 valence electrons. The first-order valence-corrected chi connectivity index (χ1v) is 4.97. The van der Waals surface area contributed by atoms with Crippen molar-refractivity contribution in [3.05, 3.63) is 0 Å². The molecule has 4 heteroatoms. The Morgan fingerprint density at radius 2 is 1.79 bits per heavy atom. The van der Waals surface area contributed by atoms with Gasteiger partial charge in [0.05, 0.1) is 12.7 Å². The molecule has 0 bridgehead atoms. The van der Waals surface area contributed by atoms with Crippen LogP contribution in [0.5, 0.6) is 0 Å². The average molecular weight is 204 g/mol. The molecule has 1 atom stereocenters. The highest BCUT2D eigenvalue weighted by Crippen LogP contribution is 1.95. The first-order valence-electron chi connectivity index (χ1n) is 4.97. The van der Waals surface area contributed by atoms with Crippen LogP contribution in [0.4, 0.5) is 0 Å². The van der Waals surface area contributed by atoms with E-state index in [0.717, 1.165) is 0 Å². The predicted molar refractivity (Wildman–Crippen MR) is 53.1 cm³/mol. The molecule has 0 aromatic heterocycles. The van der Waals surface area contributed by atoms with E-state index in [9.17, 15) is 4.79 Å². The van der Waals surface area contributed by atoms with Gasteiger partial charge in [-0.15, -0.1) is 0 Å². The highest BCUT2D eigenvalue weighted by molar-refractivity contribution is 5.74. The van der Waals surface area contributed by atoms with Gasteiger partial charge in [0, 0.05) is 6.61 Å². The predicted octanol–water partition coefficient (Wildman–Crippen LogP) is 1.38. The molecular weight excluding hydrogens is 184 g/mol. The molecule has 0 aliphatic rings. The van der Waals surface area contributed by atoms with Gasteiger partial charge in [-0.1, -0.05) is 0 Å². The van der Waals surface area contributed by atoms with E-state index >= 15 is 0 Å². The summed E-state index contributed by atoms with van der Waals surface area (Å²) in [7, 11) is 0. The van der Waals surface area contributed by atoms with Crippen LogP contribution in [0.15, 0.2) is 0 Å². The maximum atomic E-state index is 11.2. The zero-order valence-corrected chi connectivity index (χ0v) is 9.41. The fourth-order valence-electron chi connectivity index (χ4n) is 0.861. The number of ether oxygens (including phenoxy) is 3. The van der Waals surface area contributed by atoms with E-state index in [1.54, 1.807) is 6.92 Å². The van der Waals surface area contributed by atoms with Crippen LogP contribution in [-0.4, -0.2) is 38.0 Å². The number of hydrogen-bond acceptors (Lipinski definition) is 4. The van der Waals surface area contributed by atoms with Crippen LogP contribution >= 0.6 is 0 Å². The Morgan fingerprint density at radius 1 is 1.14 bits per heavy atom. The standard InChI is InChI=1S/C10H20O4/c1-5-12-9(4)10(11)14-7-6-13-8(2)3/h8-9H,5-7H2,1-4H3. The Bertz CT molecular complexity index is 156. The zero-order chi connectivity index (χ0) is 11.0. The quantitative estimate of drug-likeness (QED) is 0.464. The van der Waals surface area contributed by atoms with Crippen molar-refractivity contribution in [3.8, 4) is 0 Å². The molecule has 0 rings (SSSR count). The van der Waals surface area contributed by atoms with E-state index in [0.29, 0.717) is 13.2 Å². The Balaban J connectivity index is 3.44. The van der Waals surface area contributed by atoms with Crippen LogP contribution in [0, 0.1) is 0 Å². The van der Waals surface area contributed by atoms with Crippen molar-refractivity contribution in [2.75, 3.05) is 19.8 Å². The van der Waals surface area contributed by atoms with Crippen LogP contribution in [0.25, 0.3) is 0 Å². The van der Waals surface area contributed by atoms with Crippen molar-refractivity contribution in [1.29, 1.82) is 0 Å². The van der Waals surface area contributed by atoms with Crippen molar-refractivity contribution in [2.45, 2.75) is 39.9 Å². The molecule has 0 amide bonds. The van der Waals surface area contributed by atoms with Crippen LogP contribution in [0.1, 0.15) is 27.7 Å². The molecule has 0 saturated heterocycles. The molecule has 0 heterocycles. The summed E-state index contributed by atoms with van der Waals surface area (Å²) >= 11 is 0. The van der Waals surface area contributed by atoms with E-state index in [2.05, 4.69) is 0 Å². The third-order valence-electron chi connectivity index (χ3n) is 1.53. The lowest BCUT2D eigenvalue weighted by Gasteiger charge is -2.12. The molecule has 0 saturated carbocycles. The second-order valence-corrected chi connectivity index (χ2v) is 3.18. The maximum absolute atomic E-state index is 11.2. The molecule has 0 radical (unpaired) electrons. The minimum absolute atomic E-state index is 0.165. The van der Waals surface area contributed by atoms with Crippen molar-refractivity contribution in [3.63, 3.8) is 0 Å². The second-order valence-electron chi connectivity index (χ2n) is 3.18. The third kappa shape index (κ3) is 6.86. The number of rotatable bonds is 7. The summed E-state index contributed by atoms with van der Waals surface area (Å²) < 4.78 is 15.2. The molecule has 0 aromatic carbocycles. The lowest BCUT2D eigenvalue weighted by Crippen LogP contribution is -2.25. The third-order valence-corrected chi connectivity index (χ3v) is 1.53. The van der Waals surface area contributed by atoms with Gasteiger partial charge in [0.25, 0.3) is 0 Å². The van der Waals surface area contributed by atoms with Crippen molar-refractivity contribution >= 4 is 5.97 Å². The molecule has 0 spiro atoms. The average Bonchev–Trinajstić information content (AvgIpc) is 2.12. The van der Waals surface area contributed by atoms with Gasteiger partial charge in [-0.05, 0) is 27.7 Å². The van der Waals surface area contributed by atoms with Crippen molar-refractivity contribution in [2.24, 2.45) is 0 Å². The van der Waals surface area contributed by atoms with Crippen molar-refractivity contribution < 1.29 is 19.0 Å². The summed E-state index contributed by atoms with van der Waals surface area (Å²) in [6.45, 7) is 8.62. The summed E-state index contributed by atoms with van der Waals surface area (Å²) in [4.78, 5) is 11.2. The fourth-order valence-corrected chi connectivity index (χ4v) is 0.861. The van der Waals surface area contributed by atoms with Gasteiger partial charge in [0.1, 0.15) is 6.61 Å². The molecular formula is C10H20O4. The van der Waals surface area contributed by atoms with Gasteiger partial charge >= 0.3 is 5.97 Å². The molecule has 4 nitrogen and oxygen atoms in total. The van der Waals surface area contributed by atoms with Crippen LogP contribution in [0.2, 0.25) is 0 Å². The Labute approximate surface area is 85.5 Å². The Kier molecular flexibility index (Phi) is 7.42. The van der Waals surface area contributed by atoms with Crippen LogP contribution < -0.4 is 0 Å². The number of carbonyl (C=O) groups excluding carboxylic acids is 1. The monoisotopic (exact) mass is 204 g/mol. The highest BCUT2D eigenvalue weighted by atomic mass is 16.6. The Morgan fingerprint density at radius 3 is 2.29 bits per heavy atom. The minimum atomic E-state index is -0.487. The fraction of sp³-hybridized carbons (Fsp3) is 0.900. The van der Waals surface area contributed by atoms with Gasteiger partial charge in [-0.2, -0.15) is 0 Å². The first-order chi connectivity index (χ1) is 6.57. The van der Waals surface area contributed by atoms with E-state index < -0.39 is 6.10 Å². The summed E-state index contributed by atoms with van der Waals surface area (Å²) in [6.07, 6.45) is -0.322. The van der Waals surface area contributed by atoms with Gasteiger partial charge in [0.2, 0.25) is 0 Å². The normalized spacial score (nSPS) is 12.9. The molecule has 1 unspecified atom stereocenters. The van der Waals surface area contributed by atoms with Crippen molar-refractivity contribution in [1.82, 2.24) is 0 Å². The number of hydrogen-bond donors (Lipinski definition) is 0. The van der Waals surface area contributed by atoms with Gasteiger partial charge in [-0.25, -0.2) is 4.79 Å². The summed E-state index contributed by atoms with van der Waals surface area (Å²) in [6, 6.07) is 0. The molecule has 0 aliphatic carbocycles. The van der Waals surface area contributed by atoms with Crippen LogP contribution in [0.3, 0.4) is 0 Å². The van der Waals surface area contributed by atoms with Gasteiger partial charge < -0.3 is 14.2 Å². The summed E-state index contributed by atoms with van der Waals surface area (Å²) in [5.41, 5.74) is 0. The van der Waals surface area contributed by atoms with E-state index in [1.165, 1.54) is 0 Å². The summed E-state index contributed by atoms with van der Waals surface area (Å²) in [5.74, 6) is -0.334. The SMILES string of the molecule is CCOC(C)C(=O)OCCOC(C)C. The molecule has 0 aliphatic heterocycles. The molecule has 0 fully saturated rings. The second kappa shape index (κ2) is 7.76. The first kappa shape index (κ1) is 13.4. The number of esters is 1. The van der Waals surface area contributed by atoms with Gasteiger partial charge in [0.15, 0.2) is 6.10 Å².